The van der Waals surface area contributed by atoms with E-state index in [1.807, 2.05) is 52.5 Å². The lowest BCUT2D eigenvalue weighted by Gasteiger charge is -2.43. The summed E-state index contributed by atoms with van der Waals surface area (Å²) in [5, 5.41) is 13.4. The number of hydrogen-bond acceptors (Lipinski definition) is 6. The second kappa shape index (κ2) is 13.7. The van der Waals surface area contributed by atoms with Crippen molar-refractivity contribution in [3.8, 4) is 5.88 Å². The van der Waals surface area contributed by atoms with Crippen LogP contribution in [0.15, 0.2) is 113 Å². The number of aromatic nitrogens is 1. The first kappa shape index (κ1) is 34.3. The van der Waals surface area contributed by atoms with Crippen LogP contribution in [0.5, 0.6) is 5.88 Å². The van der Waals surface area contributed by atoms with Crippen LogP contribution in [-0.4, -0.2) is 73.0 Å². The highest BCUT2D eigenvalue weighted by atomic mass is 32.3. The number of nitrogens with one attached hydrogen (secondary N) is 1. The smallest absolute Gasteiger partial charge is 0.336 e. The molecule has 0 saturated heterocycles. The topological polar surface area (TPSA) is 121 Å². The van der Waals surface area contributed by atoms with Gasteiger partial charge in [0.25, 0.3) is 5.91 Å². The number of carbonyl (C=O) groups excluding carboxylic acids is 1. The van der Waals surface area contributed by atoms with Gasteiger partial charge in [-0.15, -0.1) is 0 Å². The quantitative estimate of drug-likeness (QED) is 0.176. The Morgan fingerprint density at radius 1 is 0.940 bits per heavy atom. The van der Waals surface area contributed by atoms with E-state index >= 15 is 0 Å². The summed E-state index contributed by atoms with van der Waals surface area (Å²) in [4.78, 5) is 34.9. The molecule has 10 heteroatoms. The maximum absolute atomic E-state index is 13.6. The number of anilines is 2. The Hall–Kier alpha value is -5.61. The molecule has 1 aliphatic heterocycles. The van der Waals surface area contributed by atoms with Gasteiger partial charge in [-0.2, -0.15) is 10.0 Å². The van der Waals surface area contributed by atoms with Crippen molar-refractivity contribution in [2.75, 3.05) is 51.3 Å². The van der Waals surface area contributed by atoms with Gasteiger partial charge >= 0.3 is 5.97 Å². The van der Waals surface area contributed by atoms with Gasteiger partial charge in [0.15, 0.2) is 0 Å². The average Bonchev–Trinajstić information content (AvgIpc) is 3.09. The van der Waals surface area contributed by atoms with Gasteiger partial charge in [-0.1, -0.05) is 30.3 Å². The maximum atomic E-state index is 13.6. The predicted molar refractivity (Wildman–Crippen MR) is 203 cm³/mol. The van der Waals surface area contributed by atoms with Crippen molar-refractivity contribution < 1.29 is 24.0 Å². The van der Waals surface area contributed by atoms with Crippen molar-refractivity contribution in [1.82, 2.24) is 10.3 Å². The lowest BCUT2D eigenvalue weighted by molar-refractivity contribution is -0.462. The van der Waals surface area contributed by atoms with E-state index in [-0.39, 0.29) is 11.5 Å². The van der Waals surface area contributed by atoms with Crippen molar-refractivity contribution in [2.24, 2.45) is 0 Å². The van der Waals surface area contributed by atoms with Crippen LogP contribution in [0, 0.1) is 0 Å². The second-order valence-corrected chi connectivity index (χ2v) is 16.7. The Morgan fingerprint density at radius 3 is 2.36 bits per heavy atom. The molecule has 9 nitrogen and oxygen atoms in total. The third kappa shape index (κ3) is 6.79. The zero-order valence-electron chi connectivity index (χ0n) is 29.2. The second-order valence-electron chi connectivity index (χ2n) is 13.1. The number of fused-ring (bicyclic) bond motifs is 2. The standard InChI is InChI=1S/C40H41N5O4S/c1-44(2)29-12-15-32-35(21-29)50(5,6)36-22-30(45(3)4)13-16-33(36)38(32)34-19-27(11-14-31(34)40(47)48)39(46)43-23-25-7-9-26(10-8-25)24-49-37-20-28(41)17-18-42-37/h7-22H,23-24H2,1-6H3,(H3-,41,42,43,46,47,48)/p+1. The fourth-order valence-electron chi connectivity index (χ4n) is 6.17. The number of ether oxygens (including phenoxy) is 1. The van der Waals surface area contributed by atoms with Gasteiger partial charge in [0.05, 0.1) is 5.56 Å². The summed E-state index contributed by atoms with van der Waals surface area (Å²) in [5.41, 5.74) is 14.2. The first-order valence-corrected chi connectivity index (χ1v) is 18.6. The minimum atomic E-state index is -1.49. The van der Waals surface area contributed by atoms with E-state index in [4.69, 9.17) is 10.5 Å². The molecular formula is C40H42N5O4S+. The van der Waals surface area contributed by atoms with Crippen molar-refractivity contribution in [3.63, 3.8) is 0 Å². The molecule has 3 aromatic carbocycles. The van der Waals surface area contributed by atoms with Crippen molar-refractivity contribution in [3.05, 3.63) is 141 Å². The van der Waals surface area contributed by atoms with Crippen LogP contribution in [0.2, 0.25) is 0 Å². The molecule has 4 aromatic rings. The minimum Gasteiger partial charge on any atom is -0.478 e. The Kier molecular flexibility index (Phi) is 9.40. The Bertz CT molecular complexity index is 2140. The minimum absolute atomic E-state index is 0.141. The number of rotatable bonds is 9. The molecule has 2 heterocycles. The molecule has 256 valence electrons. The number of carboxylic acids is 1. The van der Waals surface area contributed by atoms with Gasteiger partial charge in [-0.25, -0.2) is 14.4 Å². The van der Waals surface area contributed by atoms with E-state index in [1.54, 1.807) is 30.5 Å². The molecule has 0 radical (unpaired) electrons. The van der Waals surface area contributed by atoms with E-state index in [1.165, 1.54) is 15.9 Å². The normalized spacial score (nSPS) is 15.0. The highest BCUT2D eigenvalue weighted by Gasteiger charge is 2.37. The summed E-state index contributed by atoms with van der Waals surface area (Å²) in [6.45, 7) is 0.631. The van der Waals surface area contributed by atoms with E-state index in [0.717, 1.165) is 39.2 Å². The predicted octanol–water partition coefficient (Wildman–Crippen LogP) is 6.34. The highest BCUT2D eigenvalue weighted by Crippen LogP contribution is 2.66. The van der Waals surface area contributed by atoms with E-state index < -0.39 is 16.0 Å². The van der Waals surface area contributed by atoms with Gasteiger partial charge in [0.1, 0.15) is 20.7 Å². The number of pyridine rings is 1. The number of nitrogens with zero attached hydrogens (tertiary/aromatic N) is 3. The number of nitrogens with two attached hydrogens (primary N) is 1. The number of carboxylic acid groups (broad SMARTS) is 1. The molecule has 0 fully saturated rings. The zero-order valence-corrected chi connectivity index (χ0v) is 30.0. The fourth-order valence-corrected chi connectivity index (χ4v) is 8.67. The highest BCUT2D eigenvalue weighted by molar-refractivity contribution is 8.36. The van der Waals surface area contributed by atoms with E-state index in [2.05, 4.69) is 68.7 Å². The molecule has 0 unspecified atom stereocenters. The van der Waals surface area contributed by atoms with Crippen molar-refractivity contribution >= 4 is 44.6 Å². The zero-order chi connectivity index (χ0) is 35.7. The van der Waals surface area contributed by atoms with Crippen LogP contribution in [0.4, 0.5) is 11.4 Å². The van der Waals surface area contributed by atoms with Crippen LogP contribution in [0.1, 0.15) is 43.0 Å². The summed E-state index contributed by atoms with van der Waals surface area (Å²) in [7, 11) is 6.58. The van der Waals surface area contributed by atoms with Crippen molar-refractivity contribution in [2.45, 2.75) is 18.0 Å². The summed E-state index contributed by atoms with van der Waals surface area (Å²) in [6.07, 6.45) is 12.6. The van der Waals surface area contributed by atoms with Gasteiger partial charge in [-0.05, 0) is 88.4 Å². The summed E-state index contributed by atoms with van der Waals surface area (Å²) in [5.74, 6) is -0.892. The van der Waals surface area contributed by atoms with Crippen LogP contribution in [0.25, 0.3) is 5.57 Å². The molecular weight excluding hydrogens is 647 g/mol. The number of nitrogen functional groups attached to an aromatic ring is 1. The molecule has 6 rings (SSSR count). The lowest BCUT2D eigenvalue weighted by atomic mass is 9.86. The molecule has 1 aliphatic carbocycles. The Morgan fingerprint density at radius 2 is 1.68 bits per heavy atom. The van der Waals surface area contributed by atoms with Crippen LogP contribution in [-0.2, 0) is 13.2 Å². The first-order valence-electron chi connectivity index (χ1n) is 16.2. The molecule has 4 N–H and O–H groups in total. The molecule has 0 saturated carbocycles. The number of carbonyl (C=O) groups is 2. The molecule has 1 amide bonds. The van der Waals surface area contributed by atoms with Gasteiger partial charge < -0.3 is 25.8 Å². The molecule has 2 aliphatic rings. The summed E-state index contributed by atoms with van der Waals surface area (Å²) in [6, 6.07) is 22.3. The Labute approximate surface area is 294 Å². The molecule has 0 bridgehead atoms. The number of hydrogen-bond donors (Lipinski definition) is 3. The summed E-state index contributed by atoms with van der Waals surface area (Å²) < 4.78 is 7.81. The van der Waals surface area contributed by atoms with Crippen molar-refractivity contribution in [1.29, 1.82) is 0 Å². The van der Waals surface area contributed by atoms with E-state index in [9.17, 15) is 14.7 Å². The number of amides is 1. The third-order valence-corrected chi connectivity index (χ3v) is 11.9. The molecule has 1 aromatic heterocycles. The molecule has 0 spiro atoms. The monoisotopic (exact) mass is 688 g/mol. The number of benzene rings is 3. The number of aromatic carboxylic acids is 1. The van der Waals surface area contributed by atoms with E-state index in [0.29, 0.717) is 35.8 Å². The summed E-state index contributed by atoms with van der Waals surface area (Å²) >= 11 is 0. The van der Waals surface area contributed by atoms with Crippen LogP contribution >= 0.6 is 10.0 Å². The lowest BCUT2D eigenvalue weighted by Crippen LogP contribution is -2.24. The first-order chi connectivity index (χ1) is 23.8. The molecule has 50 heavy (non-hydrogen) atoms. The fraction of sp³-hybridized carbons (Fsp3) is 0.200. The van der Waals surface area contributed by atoms with Crippen LogP contribution < -0.4 is 20.7 Å². The Balaban J connectivity index is 1.33. The van der Waals surface area contributed by atoms with Gasteiger partial charge in [-0.3, -0.25) is 4.79 Å². The maximum Gasteiger partial charge on any atom is 0.336 e. The SMILES string of the molecule is CN(C)c1ccc2c(c1)S(C)(C)C1=CC(=[N+](C)C)C=CC1=C2c1cc(C(=O)NCc2ccc(COc3cc(N)ccn3)cc2)ccc1C(=O)O. The van der Waals surface area contributed by atoms with Crippen LogP contribution in [0.3, 0.4) is 0 Å². The van der Waals surface area contributed by atoms with Gasteiger partial charge in [0, 0.05) is 71.8 Å². The average molecular weight is 689 g/mol. The number of allylic oxidation sites excluding steroid dienone is 4. The van der Waals surface area contributed by atoms with Gasteiger partial charge in [0.2, 0.25) is 11.6 Å². The third-order valence-electron chi connectivity index (χ3n) is 9.00. The molecule has 0 atom stereocenters. The largest absolute Gasteiger partial charge is 0.478 e.